The van der Waals surface area contributed by atoms with Crippen molar-refractivity contribution in [1.82, 2.24) is 0 Å². The van der Waals surface area contributed by atoms with Crippen molar-refractivity contribution in [1.29, 1.82) is 0 Å². The second kappa shape index (κ2) is 6.31. The first kappa shape index (κ1) is 15.1. The quantitative estimate of drug-likeness (QED) is 0.797. The van der Waals surface area contributed by atoms with Crippen LogP contribution in [0.2, 0.25) is 0 Å². The third-order valence-electron chi connectivity index (χ3n) is 1.87. The lowest BCUT2D eigenvalue weighted by molar-refractivity contribution is -0.153. The lowest BCUT2D eigenvalue weighted by Crippen LogP contribution is -2.19. The van der Waals surface area contributed by atoms with Gasteiger partial charge >= 0.3 is 6.18 Å². The molecule has 0 unspecified atom stereocenters. The molecule has 1 rings (SSSR count). The van der Waals surface area contributed by atoms with Crippen molar-refractivity contribution in [2.24, 2.45) is 5.92 Å². The largest absolute Gasteiger partial charge is 0.489 e. The van der Waals surface area contributed by atoms with Gasteiger partial charge in [-0.05, 0) is 24.1 Å². The topological polar surface area (TPSA) is 18.5 Å². The minimum absolute atomic E-state index is 0.0855. The molecule has 18 heavy (non-hydrogen) atoms. The summed E-state index contributed by atoms with van der Waals surface area (Å²) in [7, 11) is 0. The van der Waals surface area contributed by atoms with E-state index in [1.807, 2.05) is 13.8 Å². The summed E-state index contributed by atoms with van der Waals surface area (Å²) in [5.74, 6) is 0.683. The Morgan fingerprint density at radius 1 is 1.17 bits per heavy atom. The summed E-state index contributed by atoms with van der Waals surface area (Å²) < 4.78 is 47.1. The predicted molar refractivity (Wildman–Crippen MR) is 66.0 cm³/mol. The molecule has 0 aliphatic rings. The summed E-state index contributed by atoms with van der Waals surface area (Å²) in [5, 5.41) is 0. The Morgan fingerprint density at radius 3 is 2.39 bits per heavy atom. The third kappa shape index (κ3) is 5.62. The fourth-order valence-electron chi connectivity index (χ4n) is 1.13. The third-order valence-corrected chi connectivity index (χ3v) is 2.36. The van der Waals surface area contributed by atoms with Gasteiger partial charge in [0.15, 0.2) is 18.1 Å². The SMILES string of the molecule is CC(C)COc1ccc(Br)cc1OCC(F)(F)F. The highest BCUT2D eigenvalue weighted by atomic mass is 79.9. The Balaban J connectivity index is 2.76. The van der Waals surface area contributed by atoms with E-state index in [0.29, 0.717) is 16.8 Å². The molecule has 1 aromatic rings. The van der Waals surface area contributed by atoms with Gasteiger partial charge in [-0.3, -0.25) is 0 Å². The second-order valence-corrected chi connectivity index (χ2v) is 5.12. The first-order valence-electron chi connectivity index (χ1n) is 5.40. The van der Waals surface area contributed by atoms with Gasteiger partial charge in [-0.15, -0.1) is 0 Å². The van der Waals surface area contributed by atoms with Gasteiger partial charge in [0.25, 0.3) is 0 Å². The van der Waals surface area contributed by atoms with E-state index in [0.717, 1.165) is 0 Å². The fourth-order valence-corrected chi connectivity index (χ4v) is 1.47. The summed E-state index contributed by atoms with van der Waals surface area (Å²) in [4.78, 5) is 0. The fraction of sp³-hybridized carbons (Fsp3) is 0.500. The predicted octanol–water partition coefficient (Wildman–Crippen LogP) is 4.43. The maximum atomic E-state index is 12.1. The molecule has 0 bridgehead atoms. The van der Waals surface area contributed by atoms with E-state index in [1.54, 1.807) is 12.1 Å². The molecular formula is C12H14BrF3O2. The van der Waals surface area contributed by atoms with Crippen LogP contribution in [0, 0.1) is 5.92 Å². The van der Waals surface area contributed by atoms with E-state index < -0.39 is 12.8 Å². The number of hydrogen-bond acceptors (Lipinski definition) is 2. The van der Waals surface area contributed by atoms with E-state index in [9.17, 15) is 13.2 Å². The van der Waals surface area contributed by atoms with Crippen LogP contribution >= 0.6 is 15.9 Å². The van der Waals surface area contributed by atoms with Gasteiger partial charge in [-0.1, -0.05) is 29.8 Å². The summed E-state index contributed by atoms with van der Waals surface area (Å²) in [6.07, 6.45) is -4.36. The van der Waals surface area contributed by atoms with Crippen LogP contribution in [0.1, 0.15) is 13.8 Å². The molecule has 6 heteroatoms. The van der Waals surface area contributed by atoms with Gasteiger partial charge in [0, 0.05) is 4.47 Å². The van der Waals surface area contributed by atoms with E-state index in [1.165, 1.54) is 6.07 Å². The molecule has 0 atom stereocenters. The molecule has 102 valence electrons. The number of hydrogen-bond donors (Lipinski definition) is 0. The molecule has 0 radical (unpaired) electrons. The van der Waals surface area contributed by atoms with Crippen molar-refractivity contribution in [3.63, 3.8) is 0 Å². The zero-order valence-electron chi connectivity index (χ0n) is 10.1. The molecule has 0 aromatic heterocycles. The van der Waals surface area contributed by atoms with Gasteiger partial charge < -0.3 is 9.47 Å². The second-order valence-electron chi connectivity index (χ2n) is 4.20. The van der Waals surface area contributed by atoms with E-state index in [2.05, 4.69) is 15.9 Å². The Kier molecular flexibility index (Phi) is 5.31. The average molecular weight is 327 g/mol. The zero-order valence-corrected chi connectivity index (χ0v) is 11.6. The molecule has 0 aliphatic carbocycles. The molecule has 0 spiro atoms. The van der Waals surface area contributed by atoms with E-state index >= 15 is 0 Å². The number of benzene rings is 1. The molecule has 0 aliphatic heterocycles. The van der Waals surface area contributed by atoms with Gasteiger partial charge in [0.1, 0.15) is 0 Å². The van der Waals surface area contributed by atoms with E-state index in [4.69, 9.17) is 9.47 Å². The Labute approximate surface area is 112 Å². The van der Waals surface area contributed by atoms with Crippen LogP contribution in [0.4, 0.5) is 13.2 Å². The van der Waals surface area contributed by atoms with Crippen molar-refractivity contribution < 1.29 is 22.6 Å². The van der Waals surface area contributed by atoms with Crippen LogP contribution in [-0.4, -0.2) is 19.4 Å². The first-order chi connectivity index (χ1) is 8.28. The number of ether oxygens (including phenoxy) is 2. The highest BCUT2D eigenvalue weighted by Crippen LogP contribution is 2.32. The Morgan fingerprint density at radius 2 is 1.83 bits per heavy atom. The Bertz CT molecular complexity index is 391. The van der Waals surface area contributed by atoms with Gasteiger partial charge in [0.05, 0.1) is 6.61 Å². The molecule has 0 heterocycles. The van der Waals surface area contributed by atoms with Crippen molar-refractivity contribution in [2.75, 3.05) is 13.2 Å². The van der Waals surface area contributed by atoms with Crippen LogP contribution in [0.5, 0.6) is 11.5 Å². The van der Waals surface area contributed by atoms with Gasteiger partial charge in [-0.25, -0.2) is 0 Å². The molecule has 0 N–H and O–H groups in total. The van der Waals surface area contributed by atoms with Crippen molar-refractivity contribution >= 4 is 15.9 Å². The first-order valence-corrected chi connectivity index (χ1v) is 6.19. The van der Waals surface area contributed by atoms with Crippen LogP contribution in [0.15, 0.2) is 22.7 Å². The molecule has 0 amide bonds. The van der Waals surface area contributed by atoms with Crippen LogP contribution in [-0.2, 0) is 0 Å². The summed E-state index contributed by atoms with van der Waals surface area (Å²) in [5.41, 5.74) is 0. The number of alkyl halides is 3. The van der Waals surface area contributed by atoms with Gasteiger partial charge in [0.2, 0.25) is 0 Å². The molecule has 2 nitrogen and oxygen atoms in total. The lowest BCUT2D eigenvalue weighted by atomic mass is 10.2. The van der Waals surface area contributed by atoms with Crippen molar-refractivity contribution in [3.8, 4) is 11.5 Å². The standard InChI is InChI=1S/C12H14BrF3O2/c1-8(2)6-17-10-4-3-9(13)5-11(10)18-7-12(14,15)16/h3-5,8H,6-7H2,1-2H3. The molecule has 0 saturated heterocycles. The number of rotatable bonds is 5. The maximum Gasteiger partial charge on any atom is 0.422 e. The summed E-state index contributed by atoms with van der Waals surface area (Å²) >= 11 is 3.18. The highest BCUT2D eigenvalue weighted by Gasteiger charge is 2.29. The smallest absolute Gasteiger partial charge is 0.422 e. The van der Waals surface area contributed by atoms with Crippen molar-refractivity contribution in [3.05, 3.63) is 22.7 Å². The summed E-state index contributed by atoms with van der Waals surface area (Å²) in [6.45, 7) is 3.00. The lowest BCUT2D eigenvalue weighted by Gasteiger charge is -2.15. The summed E-state index contributed by atoms with van der Waals surface area (Å²) in [6, 6.07) is 4.73. The molecular weight excluding hydrogens is 313 g/mol. The van der Waals surface area contributed by atoms with E-state index in [-0.39, 0.29) is 11.7 Å². The van der Waals surface area contributed by atoms with Crippen LogP contribution in [0.25, 0.3) is 0 Å². The zero-order chi connectivity index (χ0) is 13.8. The number of halogens is 4. The Hall–Kier alpha value is -0.910. The normalized spacial score (nSPS) is 11.7. The minimum Gasteiger partial charge on any atom is -0.489 e. The average Bonchev–Trinajstić information content (AvgIpc) is 2.23. The van der Waals surface area contributed by atoms with Crippen LogP contribution < -0.4 is 9.47 Å². The molecule has 0 fully saturated rings. The highest BCUT2D eigenvalue weighted by molar-refractivity contribution is 9.10. The minimum atomic E-state index is -4.36. The van der Waals surface area contributed by atoms with Crippen LogP contribution in [0.3, 0.4) is 0 Å². The molecule has 1 aromatic carbocycles. The monoisotopic (exact) mass is 326 g/mol. The maximum absolute atomic E-state index is 12.1. The molecule has 0 saturated carbocycles. The van der Waals surface area contributed by atoms with Gasteiger partial charge in [-0.2, -0.15) is 13.2 Å². The van der Waals surface area contributed by atoms with Crippen molar-refractivity contribution in [2.45, 2.75) is 20.0 Å².